The van der Waals surface area contributed by atoms with Gasteiger partial charge < -0.3 is 19.8 Å². The van der Waals surface area contributed by atoms with E-state index in [1.807, 2.05) is 0 Å². The smallest absolute Gasteiger partial charge is 0.270 e. The predicted octanol–water partition coefficient (Wildman–Crippen LogP) is 3.36. The molecule has 0 radical (unpaired) electrons. The topological polar surface area (TPSA) is 120 Å². The van der Waals surface area contributed by atoms with Crippen LogP contribution in [0.25, 0.3) is 11.1 Å². The fraction of sp³-hybridized carbons (Fsp3) is 0.222. The molecule has 9 nitrogen and oxygen atoms in total. The molecule has 1 amide bonds. The highest BCUT2D eigenvalue weighted by molar-refractivity contribution is 6.09. The number of carbonyl (C=O) groups excluding carboxylic acids is 1. The molecule has 0 atom stereocenters. The van der Waals surface area contributed by atoms with Gasteiger partial charge in [-0.15, -0.1) is 0 Å². The minimum atomic E-state index is -0.542. The van der Waals surface area contributed by atoms with Gasteiger partial charge in [-0.25, -0.2) is 4.98 Å². The third-order valence-electron chi connectivity index (χ3n) is 3.83. The first-order valence-corrected chi connectivity index (χ1v) is 8.17. The Morgan fingerprint density at radius 2 is 2.11 bits per heavy atom. The number of benzene rings is 2. The number of methoxy groups -OCH3 is 1. The number of amides is 1. The van der Waals surface area contributed by atoms with Crippen molar-refractivity contribution in [2.45, 2.75) is 6.92 Å². The number of non-ortho nitro benzene ring substituents is 1. The average Bonchev–Trinajstić information content (AvgIpc) is 3.01. The van der Waals surface area contributed by atoms with Gasteiger partial charge in [0.1, 0.15) is 5.52 Å². The number of nitro groups is 1. The van der Waals surface area contributed by atoms with Crippen LogP contribution in [-0.4, -0.2) is 36.1 Å². The molecular weight excluding hydrogens is 352 g/mol. The van der Waals surface area contributed by atoms with Crippen molar-refractivity contribution in [1.82, 2.24) is 4.98 Å². The summed E-state index contributed by atoms with van der Waals surface area (Å²) in [4.78, 5) is 27.5. The molecule has 0 bridgehead atoms. The molecule has 2 aromatic carbocycles. The largest absolute Gasteiger partial charge is 0.441 e. The number of aryl methyl sites for hydroxylation is 1. The molecule has 0 aliphatic heterocycles. The fourth-order valence-electron chi connectivity index (χ4n) is 2.59. The molecule has 0 saturated carbocycles. The SMILES string of the molecule is COCCNc1ccc([N+](=O)[O-])cc1C(=O)Nc1ccc2oc(C)nc2c1. The summed E-state index contributed by atoms with van der Waals surface area (Å²) in [5.41, 5.74) is 2.21. The molecule has 9 heteroatoms. The number of nitro benzene ring substituents is 1. The van der Waals surface area contributed by atoms with Gasteiger partial charge in [0.15, 0.2) is 11.5 Å². The number of hydrogen-bond acceptors (Lipinski definition) is 7. The Bertz CT molecular complexity index is 999. The van der Waals surface area contributed by atoms with Crippen molar-refractivity contribution >= 4 is 34.1 Å². The van der Waals surface area contributed by atoms with Crippen molar-refractivity contribution in [3.63, 3.8) is 0 Å². The first-order chi connectivity index (χ1) is 13.0. The Morgan fingerprint density at radius 1 is 1.30 bits per heavy atom. The van der Waals surface area contributed by atoms with Crippen molar-refractivity contribution < 1.29 is 18.9 Å². The van der Waals surface area contributed by atoms with Gasteiger partial charge in [-0.1, -0.05) is 0 Å². The average molecular weight is 370 g/mol. The van der Waals surface area contributed by atoms with Crippen molar-refractivity contribution in [2.75, 3.05) is 30.9 Å². The fourth-order valence-corrected chi connectivity index (χ4v) is 2.59. The van der Waals surface area contributed by atoms with Crippen LogP contribution in [-0.2, 0) is 4.74 Å². The zero-order chi connectivity index (χ0) is 19.4. The lowest BCUT2D eigenvalue weighted by Gasteiger charge is -2.12. The molecule has 3 aromatic rings. The molecule has 0 spiro atoms. The van der Waals surface area contributed by atoms with E-state index in [1.165, 1.54) is 18.2 Å². The second kappa shape index (κ2) is 7.83. The third kappa shape index (κ3) is 4.21. The molecular formula is C18H18N4O5. The minimum Gasteiger partial charge on any atom is -0.441 e. The lowest BCUT2D eigenvalue weighted by atomic mass is 10.1. The van der Waals surface area contributed by atoms with Gasteiger partial charge >= 0.3 is 0 Å². The van der Waals surface area contributed by atoms with Gasteiger partial charge in [-0.05, 0) is 24.3 Å². The van der Waals surface area contributed by atoms with Crippen molar-refractivity contribution in [3.05, 3.63) is 58.0 Å². The zero-order valence-corrected chi connectivity index (χ0v) is 14.8. The first-order valence-electron chi connectivity index (χ1n) is 8.17. The first kappa shape index (κ1) is 18.3. The van der Waals surface area contributed by atoms with E-state index in [2.05, 4.69) is 15.6 Å². The second-order valence-electron chi connectivity index (χ2n) is 5.78. The highest BCUT2D eigenvalue weighted by atomic mass is 16.6. The van der Waals surface area contributed by atoms with Crippen LogP contribution in [0.4, 0.5) is 17.1 Å². The summed E-state index contributed by atoms with van der Waals surface area (Å²) in [6.07, 6.45) is 0. The maximum absolute atomic E-state index is 12.7. The molecule has 0 aliphatic rings. The standard InChI is InChI=1S/C18H18N4O5/c1-11-20-16-9-12(3-6-17(16)27-11)21-18(23)14-10-13(22(24)25)4-5-15(14)19-7-8-26-2/h3-6,9-10,19H,7-8H2,1-2H3,(H,21,23). The highest BCUT2D eigenvalue weighted by Gasteiger charge is 2.17. The maximum Gasteiger partial charge on any atom is 0.270 e. The summed E-state index contributed by atoms with van der Waals surface area (Å²) >= 11 is 0. The second-order valence-corrected chi connectivity index (χ2v) is 5.78. The number of nitrogens with one attached hydrogen (secondary N) is 2. The number of fused-ring (bicyclic) bond motifs is 1. The maximum atomic E-state index is 12.7. The number of rotatable bonds is 7. The van der Waals surface area contributed by atoms with E-state index < -0.39 is 10.8 Å². The van der Waals surface area contributed by atoms with Gasteiger partial charge in [0, 0.05) is 44.1 Å². The molecule has 0 aliphatic carbocycles. The molecule has 140 valence electrons. The number of aromatic nitrogens is 1. The van der Waals surface area contributed by atoms with E-state index in [9.17, 15) is 14.9 Å². The van der Waals surface area contributed by atoms with Gasteiger partial charge in [-0.2, -0.15) is 0 Å². The summed E-state index contributed by atoms with van der Waals surface area (Å²) in [6, 6.07) is 9.15. The van der Waals surface area contributed by atoms with E-state index in [4.69, 9.17) is 9.15 Å². The normalized spacial score (nSPS) is 10.7. The molecule has 2 N–H and O–H groups in total. The van der Waals surface area contributed by atoms with Crippen LogP contribution < -0.4 is 10.6 Å². The van der Waals surface area contributed by atoms with E-state index in [-0.39, 0.29) is 11.3 Å². The van der Waals surface area contributed by atoms with E-state index in [0.717, 1.165) is 0 Å². The van der Waals surface area contributed by atoms with Crippen LogP contribution in [0.15, 0.2) is 40.8 Å². The molecule has 0 saturated heterocycles. The minimum absolute atomic E-state index is 0.164. The molecule has 1 heterocycles. The number of hydrogen-bond donors (Lipinski definition) is 2. The molecule has 27 heavy (non-hydrogen) atoms. The Kier molecular flexibility index (Phi) is 5.32. The zero-order valence-electron chi connectivity index (χ0n) is 14.8. The van der Waals surface area contributed by atoms with Gasteiger partial charge in [0.25, 0.3) is 11.6 Å². The van der Waals surface area contributed by atoms with Crippen molar-refractivity contribution in [3.8, 4) is 0 Å². The molecule has 1 aromatic heterocycles. The predicted molar refractivity (Wildman–Crippen MR) is 100 cm³/mol. The number of oxazole rings is 1. The molecule has 0 unspecified atom stereocenters. The van der Waals surface area contributed by atoms with E-state index in [0.29, 0.717) is 41.5 Å². The number of ether oxygens (including phenoxy) is 1. The summed E-state index contributed by atoms with van der Waals surface area (Å²) < 4.78 is 10.4. The summed E-state index contributed by atoms with van der Waals surface area (Å²) in [5.74, 6) is 0.0509. The van der Waals surface area contributed by atoms with Crippen LogP contribution in [0.1, 0.15) is 16.2 Å². The van der Waals surface area contributed by atoms with Crippen molar-refractivity contribution in [2.24, 2.45) is 0 Å². The van der Waals surface area contributed by atoms with Crippen LogP contribution in [0.3, 0.4) is 0 Å². The lowest BCUT2D eigenvalue weighted by molar-refractivity contribution is -0.384. The summed E-state index contributed by atoms with van der Waals surface area (Å²) in [7, 11) is 1.56. The van der Waals surface area contributed by atoms with Crippen LogP contribution in [0.5, 0.6) is 0 Å². The quantitative estimate of drug-likeness (QED) is 0.372. The van der Waals surface area contributed by atoms with E-state index >= 15 is 0 Å². The summed E-state index contributed by atoms with van der Waals surface area (Å²) in [5, 5.41) is 16.9. The summed E-state index contributed by atoms with van der Waals surface area (Å²) in [6.45, 7) is 2.62. The molecule has 3 rings (SSSR count). The van der Waals surface area contributed by atoms with Crippen LogP contribution >= 0.6 is 0 Å². The highest BCUT2D eigenvalue weighted by Crippen LogP contribution is 2.25. The molecule has 0 fully saturated rings. The Morgan fingerprint density at radius 3 is 2.85 bits per heavy atom. The van der Waals surface area contributed by atoms with Gasteiger partial charge in [0.2, 0.25) is 0 Å². The van der Waals surface area contributed by atoms with Crippen LogP contribution in [0.2, 0.25) is 0 Å². The number of nitrogens with zero attached hydrogens (tertiary/aromatic N) is 2. The van der Waals surface area contributed by atoms with Gasteiger partial charge in [0.05, 0.1) is 17.1 Å². The number of carbonyl (C=O) groups is 1. The van der Waals surface area contributed by atoms with E-state index in [1.54, 1.807) is 32.2 Å². The Labute approximate surface area is 154 Å². The van der Waals surface area contributed by atoms with Crippen molar-refractivity contribution in [1.29, 1.82) is 0 Å². The number of anilines is 2. The monoisotopic (exact) mass is 370 g/mol. The lowest BCUT2D eigenvalue weighted by Crippen LogP contribution is -2.17. The Balaban J connectivity index is 1.87. The Hall–Kier alpha value is -3.46. The van der Waals surface area contributed by atoms with Crippen LogP contribution in [0, 0.1) is 17.0 Å². The van der Waals surface area contributed by atoms with Gasteiger partial charge in [-0.3, -0.25) is 14.9 Å². The third-order valence-corrected chi connectivity index (χ3v) is 3.83.